The van der Waals surface area contributed by atoms with Gasteiger partial charge in [0.2, 0.25) is 5.91 Å². The van der Waals surface area contributed by atoms with Gasteiger partial charge in [0.15, 0.2) is 0 Å². The first-order valence-electron chi connectivity index (χ1n) is 6.39. The average molecular weight is 241 g/mol. The minimum absolute atomic E-state index is 0.0976. The summed E-state index contributed by atoms with van der Waals surface area (Å²) in [4.78, 5) is 28.9. The van der Waals surface area contributed by atoms with E-state index in [2.05, 4.69) is 0 Å². The third-order valence-electron chi connectivity index (χ3n) is 3.25. The van der Waals surface area contributed by atoms with Crippen molar-refractivity contribution >= 4 is 11.9 Å². The molecular formula is C12H23N3O2. The van der Waals surface area contributed by atoms with Crippen molar-refractivity contribution in [3.8, 4) is 0 Å². The van der Waals surface area contributed by atoms with Crippen LogP contribution in [0.2, 0.25) is 0 Å². The molecule has 0 radical (unpaired) electrons. The molecule has 5 nitrogen and oxygen atoms in total. The molecule has 0 spiro atoms. The normalized spacial score (nSPS) is 16.6. The lowest BCUT2D eigenvalue weighted by Crippen LogP contribution is -2.44. The van der Waals surface area contributed by atoms with E-state index >= 15 is 0 Å². The van der Waals surface area contributed by atoms with E-state index in [1.54, 1.807) is 6.92 Å². The van der Waals surface area contributed by atoms with Crippen LogP contribution in [0.25, 0.3) is 0 Å². The zero-order valence-electron chi connectivity index (χ0n) is 11.1. The SMILES string of the molecule is CCN(CC)C(=O)N1CCCN(C(C)=O)CC1. The summed E-state index contributed by atoms with van der Waals surface area (Å²) in [5.41, 5.74) is 0. The lowest BCUT2D eigenvalue weighted by molar-refractivity contribution is -0.128. The van der Waals surface area contributed by atoms with E-state index in [0.717, 1.165) is 32.6 Å². The van der Waals surface area contributed by atoms with Crippen LogP contribution in [0.5, 0.6) is 0 Å². The van der Waals surface area contributed by atoms with Crippen molar-refractivity contribution in [1.29, 1.82) is 0 Å². The van der Waals surface area contributed by atoms with Crippen LogP contribution < -0.4 is 0 Å². The summed E-state index contributed by atoms with van der Waals surface area (Å²) in [6.45, 7) is 9.85. The Kier molecular flexibility index (Phi) is 5.25. The van der Waals surface area contributed by atoms with Gasteiger partial charge in [0.05, 0.1) is 0 Å². The van der Waals surface area contributed by atoms with Crippen molar-refractivity contribution in [3.63, 3.8) is 0 Å². The van der Waals surface area contributed by atoms with Gasteiger partial charge in [-0.25, -0.2) is 4.79 Å². The molecular weight excluding hydrogens is 218 g/mol. The highest BCUT2D eigenvalue weighted by Gasteiger charge is 2.22. The Hall–Kier alpha value is -1.26. The number of rotatable bonds is 2. The van der Waals surface area contributed by atoms with Crippen molar-refractivity contribution in [3.05, 3.63) is 0 Å². The molecule has 1 rings (SSSR count). The highest BCUT2D eigenvalue weighted by molar-refractivity contribution is 5.75. The Morgan fingerprint density at radius 2 is 1.53 bits per heavy atom. The van der Waals surface area contributed by atoms with Gasteiger partial charge in [-0.2, -0.15) is 0 Å². The average Bonchev–Trinajstić information content (AvgIpc) is 2.55. The predicted molar refractivity (Wildman–Crippen MR) is 66.8 cm³/mol. The van der Waals surface area contributed by atoms with E-state index in [-0.39, 0.29) is 11.9 Å². The summed E-state index contributed by atoms with van der Waals surface area (Å²) in [6, 6.07) is 0.0976. The Balaban J connectivity index is 2.56. The molecule has 0 aromatic rings. The van der Waals surface area contributed by atoms with Crippen molar-refractivity contribution in [2.45, 2.75) is 27.2 Å². The van der Waals surface area contributed by atoms with Crippen LogP contribution >= 0.6 is 0 Å². The van der Waals surface area contributed by atoms with Gasteiger partial charge < -0.3 is 14.7 Å². The molecule has 5 heteroatoms. The first-order valence-corrected chi connectivity index (χ1v) is 6.39. The molecule has 1 fully saturated rings. The second-order valence-electron chi connectivity index (χ2n) is 4.30. The topological polar surface area (TPSA) is 43.9 Å². The van der Waals surface area contributed by atoms with Crippen molar-refractivity contribution in [2.75, 3.05) is 39.3 Å². The first kappa shape index (κ1) is 13.8. The smallest absolute Gasteiger partial charge is 0.320 e. The van der Waals surface area contributed by atoms with Gasteiger partial charge >= 0.3 is 6.03 Å². The van der Waals surface area contributed by atoms with E-state index in [1.165, 1.54) is 0 Å². The molecule has 1 aliphatic heterocycles. The minimum Gasteiger partial charge on any atom is -0.341 e. The summed E-state index contributed by atoms with van der Waals surface area (Å²) in [6.07, 6.45) is 0.868. The van der Waals surface area contributed by atoms with Gasteiger partial charge in [-0.1, -0.05) is 0 Å². The van der Waals surface area contributed by atoms with E-state index in [4.69, 9.17) is 0 Å². The molecule has 0 aromatic heterocycles. The number of carbonyl (C=O) groups is 2. The largest absolute Gasteiger partial charge is 0.341 e. The van der Waals surface area contributed by atoms with Crippen LogP contribution in [-0.4, -0.2) is 65.9 Å². The second-order valence-corrected chi connectivity index (χ2v) is 4.30. The molecule has 1 aliphatic rings. The Morgan fingerprint density at radius 1 is 1.00 bits per heavy atom. The van der Waals surface area contributed by atoms with Crippen LogP contribution in [0, 0.1) is 0 Å². The van der Waals surface area contributed by atoms with Gasteiger partial charge in [0.25, 0.3) is 0 Å². The lowest BCUT2D eigenvalue weighted by atomic mass is 10.4. The molecule has 0 bridgehead atoms. The number of hydrogen-bond donors (Lipinski definition) is 0. The van der Waals surface area contributed by atoms with Crippen LogP contribution in [0.3, 0.4) is 0 Å². The van der Waals surface area contributed by atoms with Crippen molar-refractivity contribution in [2.24, 2.45) is 0 Å². The third kappa shape index (κ3) is 3.61. The molecule has 17 heavy (non-hydrogen) atoms. The standard InChI is InChI=1S/C12H23N3O2/c1-4-13(5-2)12(17)15-8-6-7-14(9-10-15)11(3)16/h4-10H2,1-3H3. The maximum Gasteiger partial charge on any atom is 0.320 e. The molecule has 0 atom stereocenters. The van der Waals surface area contributed by atoms with Gasteiger partial charge in [0.1, 0.15) is 0 Å². The summed E-state index contributed by atoms with van der Waals surface area (Å²) in [5.74, 6) is 0.0992. The molecule has 1 saturated heterocycles. The highest BCUT2D eigenvalue weighted by atomic mass is 16.2. The molecule has 0 N–H and O–H groups in total. The molecule has 0 unspecified atom stereocenters. The molecule has 0 aliphatic carbocycles. The van der Waals surface area contributed by atoms with Crippen LogP contribution in [-0.2, 0) is 4.79 Å². The monoisotopic (exact) mass is 241 g/mol. The lowest BCUT2D eigenvalue weighted by Gasteiger charge is -2.28. The van der Waals surface area contributed by atoms with Gasteiger partial charge in [-0.3, -0.25) is 4.79 Å². The number of urea groups is 1. The van der Waals surface area contributed by atoms with E-state index < -0.39 is 0 Å². The fraction of sp³-hybridized carbons (Fsp3) is 0.833. The molecule has 3 amide bonds. The summed E-state index contributed by atoms with van der Waals surface area (Å²) >= 11 is 0. The van der Waals surface area contributed by atoms with E-state index in [0.29, 0.717) is 13.1 Å². The molecule has 0 aromatic carbocycles. The zero-order chi connectivity index (χ0) is 12.8. The molecule has 1 heterocycles. The Morgan fingerprint density at radius 3 is 2.06 bits per heavy atom. The molecule has 98 valence electrons. The molecule has 0 saturated carbocycles. The fourth-order valence-electron chi connectivity index (χ4n) is 2.12. The van der Waals surface area contributed by atoms with E-state index in [9.17, 15) is 9.59 Å². The Labute approximate surface area is 103 Å². The summed E-state index contributed by atoms with van der Waals surface area (Å²) in [5, 5.41) is 0. The first-order chi connectivity index (χ1) is 8.10. The quantitative estimate of drug-likeness (QED) is 0.724. The predicted octanol–water partition coefficient (Wildman–Crippen LogP) is 1.00. The van der Waals surface area contributed by atoms with E-state index in [1.807, 2.05) is 28.5 Å². The maximum atomic E-state index is 12.1. The number of nitrogens with zero attached hydrogens (tertiary/aromatic N) is 3. The maximum absolute atomic E-state index is 12.1. The van der Waals surface area contributed by atoms with Gasteiger partial charge in [-0.15, -0.1) is 0 Å². The number of carbonyl (C=O) groups excluding carboxylic acids is 2. The zero-order valence-corrected chi connectivity index (χ0v) is 11.1. The number of hydrogen-bond acceptors (Lipinski definition) is 2. The van der Waals surface area contributed by atoms with Crippen LogP contribution in [0.15, 0.2) is 0 Å². The second kappa shape index (κ2) is 6.47. The summed E-state index contributed by atoms with van der Waals surface area (Å²) < 4.78 is 0. The van der Waals surface area contributed by atoms with Crippen molar-refractivity contribution < 1.29 is 9.59 Å². The third-order valence-corrected chi connectivity index (χ3v) is 3.25. The highest BCUT2D eigenvalue weighted by Crippen LogP contribution is 2.06. The van der Waals surface area contributed by atoms with Gasteiger partial charge in [0, 0.05) is 46.2 Å². The number of amides is 3. The van der Waals surface area contributed by atoms with Crippen molar-refractivity contribution in [1.82, 2.24) is 14.7 Å². The summed E-state index contributed by atoms with van der Waals surface area (Å²) in [7, 11) is 0. The van der Waals surface area contributed by atoms with Gasteiger partial charge in [-0.05, 0) is 20.3 Å². The fourth-order valence-corrected chi connectivity index (χ4v) is 2.12. The minimum atomic E-state index is 0.0976. The van der Waals surface area contributed by atoms with Crippen LogP contribution in [0.4, 0.5) is 4.79 Å². The van der Waals surface area contributed by atoms with Crippen LogP contribution in [0.1, 0.15) is 27.2 Å². The Bertz CT molecular complexity index is 277.